The van der Waals surface area contributed by atoms with Crippen molar-refractivity contribution in [2.45, 2.75) is 12.1 Å². The van der Waals surface area contributed by atoms with E-state index in [1.807, 2.05) is 0 Å². The first-order valence-corrected chi connectivity index (χ1v) is 11.0. The van der Waals surface area contributed by atoms with Crippen molar-refractivity contribution in [2.75, 3.05) is 13.2 Å². The predicted molar refractivity (Wildman–Crippen MR) is 127 cm³/mol. The van der Waals surface area contributed by atoms with Crippen molar-refractivity contribution in [3.63, 3.8) is 0 Å². The van der Waals surface area contributed by atoms with Crippen LogP contribution < -0.4 is 10.6 Å². The van der Waals surface area contributed by atoms with Crippen molar-refractivity contribution < 1.29 is 24.6 Å². The first-order chi connectivity index (χ1) is 16.3. The highest BCUT2D eigenvalue weighted by Gasteiger charge is 2.43. The number of aromatic nitrogens is 1. The molecule has 1 aliphatic heterocycles. The van der Waals surface area contributed by atoms with Crippen molar-refractivity contribution in [3.8, 4) is 0 Å². The van der Waals surface area contributed by atoms with Crippen molar-refractivity contribution in [1.29, 1.82) is 0 Å². The smallest absolute Gasteiger partial charge is 0.330 e. The lowest BCUT2D eigenvalue weighted by molar-refractivity contribution is -0.134. The van der Waals surface area contributed by atoms with Crippen LogP contribution in [0.15, 0.2) is 54.4 Å². The Balaban J connectivity index is 1.70. The minimum atomic E-state index is -1.36. The maximum atomic E-state index is 13.3. The number of aromatic amines is 1. The van der Waals surface area contributed by atoms with Crippen LogP contribution in [0.25, 0.3) is 17.0 Å². The molecule has 11 heteroatoms. The molecule has 1 atom stereocenters. The van der Waals surface area contributed by atoms with Crippen LogP contribution in [0.3, 0.4) is 0 Å². The van der Waals surface area contributed by atoms with E-state index >= 15 is 0 Å². The second-order valence-corrected chi connectivity index (χ2v) is 8.49. The van der Waals surface area contributed by atoms with Gasteiger partial charge in [0.2, 0.25) is 5.91 Å². The van der Waals surface area contributed by atoms with Crippen molar-refractivity contribution in [3.05, 3.63) is 75.5 Å². The first kappa shape index (κ1) is 23.8. The molecule has 5 N–H and O–H groups in total. The molecule has 1 unspecified atom stereocenters. The van der Waals surface area contributed by atoms with Crippen LogP contribution in [0.4, 0.5) is 4.79 Å². The van der Waals surface area contributed by atoms with E-state index in [2.05, 4.69) is 15.6 Å². The zero-order valence-corrected chi connectivity index (χ0v) is 19.1. The van der Waals surface area contributed by atoms with Crippen LogP contribution in [0.1, 0.15) is 17.2 Å². The number of urea groups is 1. The van der Waals surface area contributed by atoms with Gasteiger partial charge >= 0.3 is 6.03 Å². The molecule has 4 amide bonds. The van der Waals surface area contributed by atoms with Crippen LogP contribution in [-0.4, -0.2) is 57.2 Å². The Hall–Kier alpha value is -3.37. The van der Waals surface area contributed by atoms with Crippen LogP contribution in [0.2, 0.25) is 10.0 Å². The number of nitrogens with zero attached hydrogens (tertiary/aromatic N) is 1. The molecule has 2 aromatic carbocycles. The Kier molecular flexibility index (Phi) is 6.90. The molecular weight excluding hydrogens is 483 g/mol. The van der Waals surface area contributed by atoms with E-state index < -0.39 is 43.1 Å². The highest BCUT2D eigenvalue weighted by atomic mass is 35.5. The minimum Gasteiger partial charge on any atom is -0.394 e. The Labute approximate surface area is 204 Å². The van der Waals surface area contributed by atoms with Crippen molar-refractivity contribution in [2.24, 2.45) is 0 Å². The number of aliphatic hydroxyl groups excluding tert-OH is 2. The van der Waals surface area contributed by atoms with Crippen molar-refractivity contribution in [1.82, 2.24) is 20.5 Å². The van der Waals surface area contributed by atoms with Gasteiger partial charge in [-0.3, -0.25) is 9.59 Å². The topological polar surface area (TPSA) is 135 Å². The average Bonchev–Trinajstić information content (AvgIpc) is 3.33. The number of H-pyrrole nitrogens is 1. The zero-order chi connectivity index (χ0) is 24.4. The molecule has 1 fully saturated rings. The molecule has 1 aromatic heterocycles. The summed E-state index contributed by atoms with van der Waals surface area (Å²) in [5, 5.41) is 25.4. The normalized spacial score (nSPS) is 15.9. The number of aliphatic hydroxyl groups is 2. The fourth-order valence-electron chi connectivity index (χ4n) is 3.67. The molecule has 1 saturated heterocycles. The van der Waals surface area contributed by atoms with E-state index in [-0.39, 0.29) is 5.70 Å². The van der Waals surface area contributed by atoms with Crippen LogP contribution in [0, 0.1) is 0 Å². The third kappa shape index (κ3) is 4.64. The highest BCUT2D eigenvalue weighted by molar-refractivity contribution is 6.31. The molecule has 34 heavy (non-hydrogen) atoms. The van der Waals surface area contributed by atoms with E-state index in [9.17, 15) is 24.6 Å². The van der Waals surface area contributed by atoms with Crippen LogP contribution in [-0.2, 0) is 9.59 Å². The Bertz CT molecular complexity index is 1280. The summed E-state index contributed by atoms with van der Waals surface area (Å²) in [6, 6.07) is 8.20. The van der Waals surface area contributed by atoms with Gasteiger partial charge in [-0.1, -0.05) is 41.4 Å². The van der Waals surface area contributed by atoms with E-state index in [0.29, 0.717) is 21.2 Å². The lowest BCUT2D eigenvalue weighted by Gasteiger charge is -2.26. The maximum absolute atomic E-state index is 13.3. The molecule has 0 saturated carbocycles. The zero-order valence-electron chi connectivity index (χ0n) is 17.6. The molecule has 9 nitrogen and oxygen atoms in total. The predicted octanol–water partition coefficient (Wildman–Crippen LogP) is 2.58. The fourth-order valence-corrected chi connectivity index (χ4v) is 3.97. The average molecular weight is 503 g/mol. The fraction of sp³-hybridized carbons (Fsp3) is 0.174. The van der Waals surface area contributed by atoms with Crippen molar-refractivity contribution >= 4 is 58.0 Å². The van der Waals surface area contributed by atoms with Crippen LogP contribution in [0.5, 0.6) is 0 Å². The van der Waals surface area contributed by atoms with Gasteiger partial charge in [0.05, 0.1) is 19.3 Å². The van der Waals surface area contributed by atoms with Gasteiger partial charge < -0.3 is 25.8 Å². The summed E-state index contributed by atoms with van der Waals surface area (Å²) < 4.78 is 0. The van der Waals surface area contributed by atoms with Gasteiger partial charge in [0.1, 0.15) is 11.7 Å². The monoisotopic (exact) mass is 502 g/mol. The first-order valence-electron chi connectivity index (χ1n) is 10.2. The molecule has 2 heterocycles. The van der Waals surface area contributed by atoms with Gasteiger partial charge in [0.15, 0.2) is 0 Å². The van der Waals surface area contributed by atoms with Gasteiger partial charge in [-0.25, -0.2) is 9.69 Å². The summed E-state index contributed by atoms with van der Waals surface area (Å²) >= 11 is 12.0. The lowest BCUT2D eigenvalue weighted by atomic mass is 10.0. The number of amides is 4. The minimum absolute atomic E-state index is 0.0199. The van der Waals surface area contributed by atoms with Gasteiger partial charge in [0.25, 0.3) is 5.91 Å². The molecule has 4 rings (SSSR count). The van der Waals surface area contributed by atoms with Gasteiger partial charge in [-0.15, -0.1) is 0 Å². The summed E-state index contributed by atoms with van der Waals surface area (Å²) in [5.74, 6) is -1.46. The molecule has 3 aromatic rings. The number of halogens is 2. The number of hydrogen-bond donors (Lipinski definition) is 5. The van der Waals surface area contributed by atoms with E-state index in [0.717, 1.165) is 15.8 Å². The summed E-state index contributed by atoms with van der Waals surface area (Å²) in [6.07, 6.45) is 3.18. The molecule has 176 valence electrons. The molecule has 0 aliphatic carbocycles. The molecular formula is C23H20Cl2N4O5. The second-order valence-electron chi connectivity index (χ2n) is 7.62. The van der Waals surface area contributed by atoms with Gasteiger partial charge in [0, 0.05) is 32.7 Å². The molecule has 1 aliphatic rings. The Morgan fingerprint density at radius 1 is 1.06 bits per heavy atom. The highest BCUT2D eigenvalue weighted by Crippen LogP contribution is 2.30. The summed E-state index contributed by atoms with van der Waals surface area (Å²) in [6.45, 7) is -1.04. The lowest BCUT2D eigenvalue weighted by Crippen LogP contribution is -2.48. The summed E-state index contributed by atoms with van der Waals surface area (Å²) in [4.78, 5) is 43.1. The molecule has 0 bridgehead atoms. The van der Waals surface area contributed by atoms with E-state index in [1.165, 1.54) is 30.3 Å². The Morgan fingerprint density at radius 2 is 1.74 bits per heavy atom. The number of carbonyl (C=O) groups is 3. The van der Waals surface area contributed by atoms with E-state index in [4.69, 9.17) is 23.2 Å². The SMILES string of the molecule is O=C(NC(CO)CO)C(c1ccc(Cl)cc1)N1C(=O)NC(=Cc2c[nH]c3cc(Cl)ccc23)C1=O. The Morgan fingerprint density at radius 3 is 2.41 bits per heavy atom. The van der Waals surface area contributed by atoms with E-state index in [1.54, 1.807) is 24.4 Å². The molecule has 0 radical (unpaired) electrons. The summed E-state index contributed by atoms with van der Waals surface area (Å²) in [5.41, 5.74) is 1.70. The van der Waals surface area contributed by atoms with Gasteiger partial charge in [-0.2, -0.15) is 0 Å². The number of nitrogens with one attached hydrogen (secondary N) is 3. The number of benzene rings is 2. The third-order valence-corrected chi connectivity index (χ3v) is 5.85. The number of fused-ring (bicyclic) bond motifs is 1. The quantitative estimate of drug-likeness (QED) is 0.250. The number of rotatable bonds is 7. The standard InChI is InChI=1S/C23H20Cl2N4O5/c24-14-3-1-12(2-4-14)20(21(32)27-16(10-30)11-31)29-22(33)19(28-23(29)34)7-13-9-26-18-8-15(25)5-6-17(13)18/h1-9,16,20,26,30-31H,10-11H2,(H,27,32)(H,28,34). The third-order valence-electron chi connectivity index (χ3n) is 5.36. The number of hydrogen-bond acceptors (Lipinski definition) is 5. The number of carbonyl (C=O) groups excluding carboxylic acids is 3. The summed E-state index contributed by atoms with van der Waals surface area (Å²) in [7, 11) is 0. The largest absolute Gasteiger partial charge is 0.394 e. The van der Waals surface area contributed by atoms with Gasteiger partial charge in [-0.05, 0) is 35.9 Å². The van der Waals surface area contributed by atoms with Crippen LogP contribution >= 0.6 is 23.2 Å². The second kappa shape index (κ2) is 9.86. The number of imide groups is 1. The molecule has 0 spiro atoms. The maximum Gasteiger partial charge on any atom is 0.330 e.